The van der Waals surface area contributed by atoms with Crippen LogP contribution in [0.25, 0.3) is 0 Å². The number of aromatic nitrogens is 1. The van der Waals surface area contributed by atoms with E-state index in [0.29, 0.717) is 22.7 Å². The molecule has 2 rings (SSSR count). The molecule has 0 saturated heterocycles. The molecule has 1 aromatic carbocycles. The number of hydrazone groups is 1. The number of methoxy groups -OCH3 is 1. The number of ether oxygens (including phenoxy) is 2. The van der Waals surface area contributed by atoms with E-state index in [9.17, 15) is 14.7 Å². The van der Waals surface area contributed by atoms with Crippen molar-refractivity contribution in [3.63, 3.8) is 0 Å². The Balaban J connectivity index is 2.11. The quantitative estimate of drug-likeness (QED) is 0.524. The maximum atomic E-state index is 11.9. The number of amides is 1. The lowest BCUT2D eigenvalue weighted by atomic mass is 10.1. The third-order valence-corrected chi connectivity index (χ3v) is 3.60. The number of hydrogen-bond donors (Lipinski definition) is 2. The Kier molecular flexibility index (Phi) is 6.18. The van der Waals surface area contributed by atoms with Crippen LogP contribution in [0.5, 0.6) is 11.5 Å². The second-order valence-corrected chi connectivity index (χ2v) is 5.81. The number of carbonyl (C=O) groups excluding carboxylic acids is 2. The number of nitrogens with zero attached hydrogens (tertiary/aromatic N) is 1. The molecule has 25 heavy (non-hydrogen) atoms. The third-order valence-electron chi connectivity index (χ3n) is 3.14. The van der Waals surface area contributed by atoms with Gasteiger partial charge in [0.25, 0.3) is 5.91 Å². The zero-order chi connectivity index (χ0) is 18.4. The Labute approximate surface area is 152 Å². The number of carboxylic acids is 1. The van der Waals surface area contributed by atoms with Gasteiger partial charge in [0.2, 0.25) is 0 Å². The molecule has 8 nitrogen and oxygen atoms in total. The highest BCUT2D eigenvalue weighted by molar-refractivity contribution is 9.10. The van der Waals surface area contributed by atoms with Gasteiger partial charge in [0.15, 0.2) is 11.5 Å². The summed E-state index contributed by atoms with van der Waals surface area (Å²) >= 11 is 3.25. The second-order valence-electron chi connectivity index (χ2n) is 4.90. The summed E-state index contributed by atoms with van der Waals surface area (Å²) in [5, 5.41) is 14.5. The standard InChI is InChI=1S/C16H16BrN3O5/c1-9(19-20-16(23)12-6-11(17)7-18-12)10-3-4-13(14(5-10)24-2)25-8-15(21)22/h3-7,18H,8H2,1-2H3,(H,20,23)(H,21,22)/p-1/b19-9-. The van der Waals surface area contributed by atoms with Crippen molar-refractivity contribution in [1.29, 1.82) is 0 Å². The molecule has 0 radical (unpaired) electrons. The molecule has 1 aromatic heterocycles. The number of halogens is 1. The number of rotatable bonds is 7. The largest absolute Gasteiger partial charge is 0.546 e. The lowest BCUT2D eigenvalue weighted by Gasteiger charge is -2.12. The molecule has 0 saturated carbocycles. The summed E-state index contributed by atoms with van der Waals surface area (Å²) in [5.41, 5.74) is 4.01. The van der Waals surface area contributed by atoms with Crippen LogP contribution in [-0.4, -0.2) is 36.3 Å². The van der Waals surface area contributed by atoms with Crippen LogP contribution in [0.15, 0.2) is 40.0 Å². The SMILES string of the molecule is COc1cc(/C(C)=N\NC(=O)c2cc(Br)c[nH]2)ccc1OCC(=O)[O-]. The van der Waals surface area contributed by atoms with Gasteiger partial charge in [-0.3, -0.25) is 4.79 Å². The van der Waals surface area contributed by atoms with E-state index in [2.05, 4.69) is 31.4 Å². The van der Waals surface area contributed by atoms with Gasteiger partial charge in [-0.05, 0) is 47.1 Å². The molecule has 0 atom stereocenters. The van der Waals surface area contributed by atoms with Gasteiger partial charge in [-0.2, -0.15) is 5.10 Å². The maximum Gasteiger partial charge on any atom is 0.287 e. The number of carbonyl (C=O) groups is 2. The lowest BCUT2D eigenvalue weighted by molar-refractivity contribution is -0.307. The summed E-state index contributed by atoms with van der Waals surface area (Å²) in [6.07, 6.45) is 1.64. The van der Waals surface area contributed by atoms with Gasteiger partial charge in [0.05, 0.1) is 18.8 Å². The van der Waals surface area contributed by atoms with Gasteiger partial charge in [0.1, 0.15) is 12.3 Å². The van der Waals surface area contributed by atoms with Gasteiger partial charge < -0.3 is 24.4 Å². The van der Waals surface area contributed by atoms with Gasteiger partial charge in [0, 0.05) is 16.2 Å². The average molecular weight is 409 g/mol. The van der Waals surface area contributed by atoms with Crippen LogP contribution in [0.4, 0.5) is 0 Å². The highest BCUT2D eigenvalue weighted by Gasteiger charge is 2.10. The molecule has 0 bridgehead atoms. The molecule has 0 fully saturated rings. The molecule has 1 heterocycles. The summed E-state index contributed by atoms with van der Waals surface area (Å²) in [7, 11) is 1.43. The third kappa shape index (κ3) is 5.08. The average Bonchev–Trinajstić information content (AvgIpc) is 3.03. The Morgan fingerprint density at radius 2 is 2.08 bits per heavy atom. The number of aromatic amines is 1. The predicted octanol–water partition coefficient (Wildman–Crippen LogP) is 1.07. The fourth-order valence-corrected chi connectivity index (χ4v) is 2.25. The lowest BCUT2D eigenvalue weighted by Crippen LogP contribution is -2.29. The minimum Gasteiger partial charge on any atom is -0.546 e. The van der Waals surface area contributed by atoms with Crippen LogP contribution in [0.2, 0.25) is 0 Å². The van der Waals surface area contributed by atoms with Gasteiger partial charge in [-0.15, -0.1) is 0 Å². The number of benzene rings is 1. The molecular weight excluding hydrogens is 394 g/mol. The van der Waals surface area contributed by atoms with Crippen molar-refractivity contribution < 1.29 is 24.2 Å². The van der Waals surface area contributed by atoms with Crippen molar-refractivity contribution in [2.75, 3.05) is 13.7 Å². The summed E-state index contributed by atoms with van der Waals surface area (Å²) in [5.74, 6) is -1.11. The van der Waals surface area contributed by atoms with Gasteiger partial charge in [-0.25, -0.2) is 5.43 Å². The summed E-state index contributed by atoms with van der Waals surface area (Å²) in [6, 6.07) is 6.48. The van der Waals surface area contributed by atoms with Crippen LogP contribution < -0.4 is 20.0 Å². The van der Waals surface area contributed by atoms with Crippen molar-refractivity contribution in [3.05, 3.63) is 46.2 Å². The maximum absolute atomic E-state index is 11.9. The molecule has 0 aliphatic carbocycles. The smallest absolute Gasteiger partial charge is 0.287 e. The van der Waals surface area contributed by atoms with Crippen molar-refractivity contribution in [3.8, 4) is 11.5 Å². The van der Waals surface area contributed by atoms with E-state index >= 15 is 0 Å². The molecule has 0 spiro atoms. The van der Waals surface area contributed by atoms with Crippen LogP contribution in [-0.2, 0) is 4.79 Å². The van der Waals surface area contributed by atoms with Crippen molar-refractivity contribution >= 4 is 33.5 Å². The van der Waals surface area contributed by atoms with E-state index in [1.54, 1.807) is 37.4 Å². The van der Waals surface area contributed by atoms with Gasteiger partial charge in [-0.1, -0.05) is 0 Å². The van der Waals surface area contributed by atoms with E-state index in [-0.39, 0.29) is 11.7 Å². The number of hydrogen-bond acceptors (Lipinski definition) is 6. The number of nitrogens with one attached hydrogen (secondary N) is 2. The minimum atomic E-state index is -1.33. The van der Waals surface area contributed by atoms with Crippen LogP contribution >= 0.6 is 15.9 Å². The van der Waals surface area contributed by atoms with Crippen molar-refractivity contribution in [2.45, 2.75) is 6.92 Å². The molecule has 2 aromatic rings. The molecule has 0 aliphatic rings. The van der Waals surface area contributed by atoms with Crippen molar-refractivity contribution in [1.82, 2.24) is 10.4 Å². The number of H-pyrrole nitrogens is 1. The van der Waals surface area contributed by atoms with Gasteiger partial charge >= 0.3 is 0 Å². The molecule has 132 valence electrons. The summed E-state index contributed by atoms with van der Waals surface area (Å²) < 4.78 is 11.0. The van der Waals surface area contributed by atoms with E-state index < -0.39 is 12.6 Å². The minimum absolute atomic E-state index is 0.267. The molecule has 9 heteroatoms. The second kappa shape index (κ2) is 8.34. The molecule has 0 aliphatic heterocycles. The fourth-order valence-electron chi connectivity index (χ4n) is 1.91. The molecular formula is C16H15BrN3O5-. The first-order valence-corrected chi connectivity index (χ1v) is 7.89. The highest BCUT2D eigenvalue weighted by Crippen LogP contribution is 2.28. The first kappa shape index (κ1) is 18.5. The zero-order valence-electron chi connectivity index (χ0n) is 13.5. The normalized spacial score (nSPS) is 11.1. The fraction of sp³-hybridized carbons (Fsp3) is 0.188. The number of aliphatic carboxylic acids is 1. The Bertz CT molecular complexity index is 816. The molecule has 0 unspecified atom stereocenters. The van der Waals surface area contributed by atoms with Crippen LogP contribution in [0.3, 0.4) is 0 Å². The first-order valence-electron chi connectivity index (χ1n) is 7.10. The van der Waals surface area contributed by atoms with Crippen LogP contribution in [0, 0.1) is 0 Å². The number of carboxylic acid groups (broad SMARTS) is 1. The van der Waals surface area contributed by atoms with Crippen molar-refractivity contribution in [2.24, 2.45) is 5.10 Å². The summed E-state index contributed by atoms with van der Waals surface area (Å²) in [4.78, 5) is 25.2. The first-order chi connectivity index (χ1) is 11.9. The monoisotopic (exact) mass is 408 g/mol. The summed E-state index contributed by atoms with van der Waals surface area (Å²) in [6.45, 7) is 1.13. The highest BCUT2D eigenvalue weighted by atomic mass is 79.9. The Hall–Kier alpha value is -2.81. The van der Waals surface area contributed by atoms with E-state index in [4.69, 9.17) is 9.47 Å². The van der Waals surface area contributed by atoms with E-state index in [1.807, 2.05) is 0 Å². The van der Waals surface area contributed by atoms with Crippen LogP contribution in [0.1, 0.15) is 23.0 Å². The van der Waals surface area contributed by atoms with E-state index in [0.717, 1.165) is 4.47 Å². The zero-order valence-corrected chi connectivity index (χ0v) is 15.0. The molecule has 1 amide bonds. The van der Waals surface area contributed by atoms with E-state index in [1.165, 1.54) is 7.11 Å². The Morgan fingerprint density at radius 1 is 1.32 bits per heavy atom. The Morgan fingerprint density at radius 3 is 2.68 bits per heavy atom. The predicted molar refractivity (Wildman–Crippen MR) is 91.7 cm³/mol. The topological polar surface area (TPSA) is 116 Å². The molecule has 2 N–H and O–H groups in total.